The molecule has 0 amide bonds. The van der Waals surface area contributed by atoms with E-state index in [4.69, 9.17) is 14.2 Å². The molecule has 10 heteroatoms. The van der Waals surface area contributed by atoms with Crippen molar-refractivity contribution in [3.05, 3.63) is 24.3 Å². The Morgan fingerprint density at radius 1 is 1.22 bits per heavy atom. The molecule has 125 valence electrons. The summed E-state index contributed by atoms with van der Waals surface area (Å²) in [5.74, 6) is 0. The fourth-order valence-electron chi connectivity index (χ4n) is 1.62. The Bertz CT molecular complexity index is 577. The summed E-state index contributed by atoms with van der Waals surface area (Å²) in [5, 5.41) is 0. The minimum absolute atomic E-state index is 0.0548. The molecule has 0 aliphatic heterocycles. The van der Waals surface area contributed by atoms with Crippen molar-refractivity contribution < 1.29 is 14.2 Å². The van der Waals surface area contributed by atoms with E-state index in [2.05, 4.69) is 21.3 Å². The van der Waals surface area contributed by atoms with Crippen molar-refractivity contribution in [2.75, 3.05) is 21.3 Å². The summed E-state index contributed by atoms with van der Waals surface area (Å²) < 4.78 is 18.3. The van der Waals surface area contributed by atoms with Gasteiger partial charge in [-0.1, -0.05) is 12.1 Å². The number of hydrogen-bond acceptors (Lipinski definition) is 9. The Morgan fingerprint density at radius 3 is 2.61 bits per heavy atom. The molecule has 1 aromatic carbocycles. The van der Waals surface area contributed by atoms with E-state index in [0.29, 0.717) is 6.42 Å². The third kappa shape index (κ3) is 6.12. The number of nitrogens with zero attached hydrogens (tertiary/aromatic N) is 1. The van der Waals surface area contributed by atoms with E-state index < -0.39 is 5.41 Å². The molecule has 0 spiro atoms. The van der Waals surface area contributed by atoms with Crippen LogP contribution in [0.25, 0.3) is 10.2 Å². The first-order valence-corrected chi connectivity index (χ1v) is 12.7. The standard InChI is InChI=1S/C13H16NO3S5Si/c1-15-11(8-13(23,16-2)17-3)19-21-22-20-12-14-9-6-4-5-7-10(9)18-12/h4-7,11H,8H2,1-3H3. The zero-order valence-electron chi connectivity index (χ0n) is 12.8. The Labute approximate surface area is 158 Å². The highest BCUT2D eigenvalue weighted by atomic mass is 33.7. The third-order valence-electron chi connectivity index (χ3n) is 2.91. The van der Waals surface area contributed by atoms with Gasteiger partial charge in [-0.15, -0.1) is 11.3 Å². The van der Waals surface area contributed by atoms with Crippen molar-refractivity contribution >= 4 is 73.0 Å². The molecular formula is C13H16NO3S5Si. The van der Waals surface area contributed by atoms with Crippen LogP contribution in [0.4, 0.5) is 0 Å². The van der Waals surface area contributed by atoms with Crippen molar-refractivity contribution in [3.8, 4) is 0 Å². The maximum atomic E-state index is 5.47. The first-order valence-electron chi connectivity index (χ1n) is 6.50. The second-order valence-electron chi connectivity index (χ2n) is 4.29. The predicted molar refractivity (Wildman–Crippen MR) is 106 cm³/mol. The van der Waals surface area contributed by atoms with Crippen molar-refractivity contribution in [2.45, 2.75) is 21.6 Å². The number of para-hydroxylation sites is 1. The van der Waals surface area contributed by atoms with E-state index in [1.54, 1.807) is 73.9 Å². The Hall–Kier alpha value is 0.607. The molecule has 4 nitrogen and oxygen atoms in total. The van der Waals surface area contributed by atoms with Gasteiger partial charge in [0.1, 0.15) is 21.1 Å². The summed E-state index contributed by atoms with van der Waals surface area (Å²) in [5.41, 5.74) is 0.178. The summed E-state index contributed by atoms with van der Waals surface area (Å²) in [6.45, 7) is 0. The molecule has 1 heterocycles. The highest BCUT2D eigenvalue weighted by Crippen LogP contribution is 2.50. The van der Waals surface area contributed by atoms with Gasteiger partial charge < -0.3 is 14.2 Å². The van der Waals surface area contributed by atoms with Crippen LogP contribution < -0.4 is 0 Å². The summed E-state index contributed by atoms with van der Waals surface area (Å²) in [6, 6.07) is 8.17. The van der Waals surface area contributed by atoms with Crippen LogP contribution in [0.2, 0.25) is 0 Å². The van der Waals surface area contributed by atoms with Crippen LogP contribution >= 0.6 is 52.6 Å². The van der Waals surface area contributed by atoms with Gasteiger partial charge in [0.05, 0.1) is 10.2 Å². The van der Waals surface area contributed by atoms with Gasteiger partial charge in [0.2, 0.25) is 0 Å². The van der Waals surface area contributed by atoms with Gasteiger partial charge in [0.25, 0.3) is 0 Å². The Balaban J connectivity index is 1.77. The lowest BCUT2D eigenvalue weighted by Crippen LogP contribution is -2.37. The molecule has 1 aromatic heterocycles. The van der Waals surface area contributed by atoms with Crippen molar-refractivity contribution in [3.63, 3.8) is 0 Å². The highest BCUT2D eigenvalue weighted by molar-refractivity contribution is 9.26. The first kappa shape index (κ1) is 19.9. The largest absolute Gasteiger partial charge is 0.370 e. The number of ether oxygens (including phenoxy) is 3. The molecule has 23 heavy (non-hydrogen) atoms. The van der Waals surface area contributed by atoms with Gasteiger partial charge in [-0.25, -0.2) is 4.98 Å². The van der Waals surface area contributed by atoms with E-state index in [0.717, 1.165) is 9.86 Å². The molecule has 0 aliphatic carbocycles. The van der Waals surface area contributed by atoms with Gasteiger partial charge >= 0.3 is 0 Å². The smallest absolute Gasteiger partial charge is 0.162 e. The fraction of sp³-hybridized carbons (Fsp3) is 0.462. The van der Waals surface area contributed by atoms with E-state index in [9.17, 15) is 0 Å². The molecule has 0 N–H and O–H groups in total. The third-order valence-corrected chi connectivity index (χ3v) is 11.2. The van der Waals surface area contributed by atoms with Crippen LogP contribution in [0, 0.1) is 0 Å². The van der Waals surface area contributed by atoms with Crippen molar-refractivity contribution in [2.24, 2.45) is 0 Å². The normalized spacial score (nSPS) is 13.6. The van der Waals surface area contributed by atoms with Crippen LogP contribution in [0.5, 0.6) is 0 Å². The van der Waals surface area contributed by atoms with Gasteiger partial charge in [-0.2, -0.15) is 0 Å². The van der Waals surface area contributed by atoms with Crippen LogP contribution in [-0.4, -0.2) is 47.4 Å². The molecule has 1 unspecified atom stereocenters. The zero-order chi connectivity index (χ0) is 16.7. The van der Waals surface area contributed by atoms with Crippen LogP contribution in [0.15, 0.2) is 28.6 Å². The van der Waals surface area contributed by atoms with Crippen molar-refractivity contribution in [1.29, 1.82) is 0 Å². The quantitative estimate of drug-likeness (QED) is 0.234. The lowest BCUT2D eigenvalue weighted by Gasteiger charge is -2.29. The van der Waals surface area contributed by atoms with E-state index in [1.807, 2.05) is 18.2 Å². The maximum absolute atomic E-state index is 5.47. The number of aromatic nitrogens is 1. The molecule has 1 atom stereocenters. The summed E-state index contributed by atoms with van der Waals surface area (Å²) in [4.78, 5) is 4.59. The first-order chi connectivity index (χ1) is 11.1. The van der Waals surface area contributed by atoms with E-state index >= 15 is 0 Å². The van der Waals surface area contributed by atoms with Crippen molar-refractivity contribution in [1.82, 2.24) is 4.98 Å². The van der Waals surface area contributed by atoms with Gasteiger partial charge in [0.15, 0.2) is 4.34 Å². The molecular weight excluding hydrogens is 407 g/mol. The molecule has 0 saturated heterocycles. The van der Waals surface area contributed by atoms with E-state index in [1.165, 1.54) is 4.70 Å². The van der Waals surface area contributed by atoms with Crippen LogP contribution in [-0.2, 0) is 14.2 Å². The topological polar surface area (TPSA) is 40.6 Å². The number of benzene rings is 1. The minimum atomic E-state index is -0.820. The number of methoxy groups -OCH3 is 3. The second-order valence-corrected chi connectivity index (χ2v) is 12.2. The minimum Gasteiger partial charge on any atom is -0.370 e. The molecule has 0 fully saturated rings. The van der Waals surface area contributed by atoms with E-state index in [-0.39, 0.29) is 5.44 Å². The molecule has 0 bridgehead atoms. The lowest BCUT2D eigenvalue weighted by molar-refractivity contribution is -0.155. The molecule has 3 radical (unpaired) electrons. The second kappa shape index (κ2) is 9.93. The Morgan fingerprint density at radius 2 is 1.96 bits per heavy atom. The van der Waals surface area contributed by atoms with Gasteiger partial charge in [0, 0.05) is 27.8 Å². The predicted octanol–water partition coefficient (Wildman–Crippen LogP) is 4.81. The molecule has 2 rings (SSSR count). The average molecular weight is 423 g/mol. The summed E-state index contributed by atoms with van der Waals surface area (Å²) in [6.07, 6.45) is 0.567. The molecule has 0 saturated carbocycles. The van der Waals surface area contributed by atoms with Crippen LogP contribution in [0.1, 0.15) is 6.42 Å². The highest BCUT2D eigenvalue weighted by Gasteiger charge is 2.28. The van der Waals surface area contributed by atoms with Crippen LogP contribution in [0.3, 0.4) is 0 Å². The maximum Gasteiger partial charge on any atom is 0.162 e. The number of hydrogen-bond donors (Lipinski definition) is 0. The fourth-order valence-corrected chi connectivity index (χ4v) is 9.45. The number of rotatable bonds is 10. The molecule has 2 aromatic rings. The lowest BCUT2D eigenvalue weighted by atomic mass is 10.3. The zero-order valence-corrected chi connectivity index (χ0v) is 17.9. The monoisotopic (exact) mass is 422 g/mol. The number of thiazole rings is 1. The Kier molecular flexibility index (Phi) is 8.60. The van der Waals surface area contributed by atoms with Gasteiger partial charge in [-0.05, 0) is 53.4 Å². The molecule has 0 aliphatic rings. The SMILES string of the molecule is COC(CC([Si])(OC)OC)SSSSc1nc2ccccc2s1. The van der Waals surface area contributed by atoms with Gasteiger partial charge in [-0.3, -0.25) is 0 Å². The average Bonchev–Trinajstić information content (AvgIpc) is 3.00. The summed E-state index contributed by atoms with van der Waals surface area (Å²) >= 11 is 1.71. The number of fused-ring (bicyclic) bond motifs is 1. The summed E-state index contributed by atoms with van der Waals surface area (Å²) in [7, 11) is 15.0.